The first-order chi connectivity index (χ1) is 7.68. The van der Waals surface area contributed by atoms with Gasteiger partial charge < -0.3 is 5.73 Å². The Morgan fingerprint density at radius 2 is 2.06 bits per heavy atom. The van der Waals surface area contributed by atoms with Gasteiger partial charge in [0.25, 0.3) is 0 Å². The first-order valence-electron chi connectivity index (χ1n) is 6.04. The molecule has 2 N–H and O–H groups in total. The number of rotatable bonds is 3. The number of hydrogen-bond acceptors (Lipinski definition) is 1. The van der Waals surface area contributed by atoms with Gasteiger partial charge in [-0.05, 0) is 31.2 Å². The molecule has 1 unspecified atom stereocenters. The summed E-state index contributed by atoms with van der Waals surface area (Å²) in [4.78, 5) is 0.664. The molecule has 16 heavy (non-hydrogen) atoms. The van der Waals surface area contributed by atoms with Crippen LogP contribution in [0, 0.1) is 12.8 Å². The Morgan fingerprint density at radius 3 is 2.62 bits per heavy atom. The molecule has 1 nitrogen and oxygen atoms in total. The van der Waals surface area contributed by atoms with Crippen LogP contribution < -0.4 is 5.73 Å². The monoisotopic (exact) mass is 233 g/mol. The van der Waals surface area contributed by atoms with Crippen LogP contribution in [-0.4, -0.2) is 4.99 Å². The summed E-state index contributed by atoms with van der Waals surface area (Å²) in [6.07, 6.45) is 5.21. The summed E-state index contributed by atoms with van der Waals surface area (Å²) >= 11 is 5.26. The van der Waals surface area contributed by atoms with Gasteiger partial charge in [-0.25, -0.2) is 0 Å². The SMILES string of the molecule is Cc1cccc(C(C(N)=S)C2CCCC2)c1. The smallest absolute Gasteiger partial charge is 0.0806 e. The van der Waals surface area contributed by atoms with E-state index in [2.05, 4.69) is 31.2 Å². The lowest BCUT2D eigenvalue weighted by Gasteiger charge is -2.23. The predicted octanol–water partition coefficient (Wildman–Crippen LogP) is 3.55. The second-order valence-electron chi connectivity index (χ2n) is 4.84. The van der Waals surface area contributed by atoms with E-state index >= 15 is 0 Å². The van der Waals surface area contributed by atoms with Gasteiger partial charge >= 0.3 is 0 Å². The minimum atomic E-state index is 0.289. The van der Waals surface area contributed by atoms with Crippen molar-refractivity contribution in [3.63, 3.8) is 0 Å². The van der Waals surface area contributed by atoms with Crippen LogP contribution in [-0.2, 0) is 0 Å². The molecule has 0 heterocycles. The summed E-state index contributed by atoms with van der Waals surface area (Å²) in [5.41, 5.74) is 8.52. The fourth-order valence-electron chi connectivity index (χ4n) is 2.82. The maximum absolute atomic E-state index is 5.93. The fraction of sp³-hybridized carbons (Fsp3) is 0.500. The van der Waals surface area contributed by atoms with Crippen LogP contribution in [0.5, 0.6) is 0 Å². The van der Waals surface area contributed by atoms with Crippen LogP contribution in [0.1, 0.15) is 42.7 Å². The topological polar surface area (TPSA) is 26.0 Å². The van der Waals surface area contributed by atoms with Crippen molar-refractivity contribution in [2.24, 2.45) is 11.7 Å². The van der Waals surface area contributed by atoms with Crippen LogP contribution in [0.4, 0.5) is 0 Å². The van der Waals surface area contributed by atoms with E-state index in [0.29, 0.717) is 10.9 Å². The maximum Gasteiger partial charge on any atom is 0.0806 e. The zero-order valence-electron chi connectivity index (χ0n) is 9.78. The Balaban J connectivity index is 2.28. The molecule has 2 rings (SSSR count). The minimum Gasteiger partial charge on any atom is -0.393 e. The molecule has 1 aliphatic carbocycles. The van der Waals surface area contributed by atoms with Crippen molar-refractivity contribution in [1.82, 2.24) is 0 Å². The molecule has 0 spiro atoms. The lowest BCUT2D eigenvalue weighted by Crippen LogP contribution is -2.25. The van der Waals surface area contributed by atoms with E-state index in [1.54, 1.807) is 0 Å². The molecule has 2 heteroatoms. The summed E-state index contributed by atoms with van der Waals surface area (Å²) < 4.78 is 0. The zero-order chi connectivity index (χ0) is 11.5. The summed E-state index contributed by atoms with van der Waals surface area (Å²) in [7, 11) is 0. The molecule has 1 saturated carbocycles. The molecule has 0 aromatic heterocycles. The normalized spacial score (nSPS) is 18.6. The molecule has 1 aliphatic rings. The Kier molecular flexibility index (Phi) is 3.59. The first kappa shape index (κ1) is 11.6. The van der Waals surface area contributed by atoms with E-state index in [1.165, 1.54) is 36.8 Å². The molecule has 1 fully saturated rings. The van der Waals surface area contributed by atoms with Crippen molar-refractivity contribution in [1.29, 1.82) is 0 Å². The van der Waals surface area contributed by atoms with Crippen LogP contribution >= 0.6 is 12.2 Å². The molecule has 0 bridgehead atoms. The molecular formula is C14H19NS. The molecule has 0 amide bonds. The van der Waals surface area contributed by atoms with E-state index in [4.69, 9.17) is 18.0 Å². The van der Waals surface area contributed by atoms with Crippen molar-refractivity contribution < 1.29 is 0 Å². The first-order valence-corrected chi connectivity index (χ1v) is 6.45. The highest BCUT2D eigenvalue weighted by atomic mass is 32.1. The fourth-order valence-corrected chi connectivity index (χ4v) is 3.15. The van der Waals surface area contributed by atoms with Gasteiger partial charge in [0, 0.05) is 5.92 Å². The summed E-state index contributed by atoms with van der Waals surface area (Å²) in [6, 6.07) is 8.61. The van der Waals surface area contributed by atoms with E-state index in [9.17, 15) is 0 Å². The summed E-state index contributed by atoms with van der Waals surface area (Å²) in [5.74, 6) is 0.955. The van der Waals surface area contributed by atoms with Crippen molar-refractivity contribution in [2.45, 2.75) is 38.5 Å². The van der Waals surface area contributed by atoms with Crippen molar-refractivity contribution in [3.8, 4) is 0 Å². The summed E-state index contributed by atoms with van der Waals surface area (Å²) in [5, 5.41) is 0. The quantitative estimate of drug-likeness (QED) is 0.808. The molecule has 0 radical (unpaired) electrons. The van der Waals surface area contributed by atoms with E-state index < -0.39 is 0 Å². The largest absolute Gasteiger partial charge is 0.393 e. The van der Waals surface area contributed by atoms with E-state index in [0.717, 1.165) is 0 Å². The van der Waals surface area contributed by atoms with Gasteiger partial charge in [-0.2, -0.15) is 0 Å². The number of nitrogens with two attached hydrogens (primary N) is 1. The highest BCUT2D eigenvalue weighted by molar-refractivity contribution is 7.80. The van der Waals surface area contributed by atoms with Crippen molar-refractivity contribution in [3.05, 3.63) is 35.4 Å². The predicted molar refractivity (Wildman–Crippen MR) is 72.7 cm³/mol. The van der Waals surface area contributed by atoms with Crippen molar-refractivity contribution in [2.75, 3.05) is 0 Å². The third-order valence-electron chi connectivity index (χ3n) is 3.58. The molecule has 1 atom stereocenters. The van der Waals surface area contributed by atoms with Gasteiger partial charge in [0.2, 0.25) is 0 Å². The number of aryl methyl sites for hydroxylation is 1. The highest BCUT2D eigenvalue weighted by Gasteiger charge is 2.28. The Bertz CT molecular complexity index is 380. The van der Waals surface area contributed by atoms with Gasteiger partial charge in [0.05, 0.1) is 4.99 Å². The molecular weight excluding hydrogens is 214 g/mol. The number of hydrogen-bond donors (Lipinski definition) is 1. The zero-order valence-corrected chi connectivity index (χ0v) is 10.6. The Labute approximate surface area is 103 Å². The third kappa shape index (κ3) is 2.43. The molecule has 0 saturated heterocycles. The van der Waals surface area contributed by atoms with E-state index in [1.807, 2.05) is 0 Å². The van der Waals surface area contributed by atoms with Gasteiger partial charge in [0.1, 0.15) is 0 Å². The number of benzene rings is 1. The van der Waals surface area contributed by atoms with Gasteiger partial charge in [-0.15, -0.1) is 0 Å². The minimum absolute atomic E-state index is 0.289. The standard InChI is InChI=1S/C14H19NS/c1-10-5-4-8-12(9-10)13(14(15)16)11-6-2-3-7-11/h4-5,8-9,11,13H,2-3,6-7H2,1H3,(H2,15,16). The van der Waals surface area contributed by atoms with Gasteiger partial charge in [0.15, 0.2) is 0 Å². The lowest BCUT2D eigenvalue weighted by molar-refractivity contribution is 0.514. The average Bonchev–Trinajstić information content (AvgIpc) is 2.71. The van der Waals surface area contributed by atoms with Gasteiger partial charge in [-0.3, -0.25) is 0 Å². The van der Waals surface area contributed by atoms with Crippen LogP contribution in [0.25, 0.3) is 0 Å². The molecule has 1 aromatic rings. The molecule has 86 valence electrons. The third-order valence-corrected chi connectivity index (χ3v) is 3.83. The maximum atomic E-state index is 5.93. The highest BCUT2D eigenvalue weighted by Crippen LogP contribution is 2.37. The molecule has 0 aliphatic heterocycles. The molecule has 1 aromatic carbocycles. The number of thiocarbonyl (C=S) groups is 1. The second kappa shape index (κ2) is 4.96. The second-order valence-corrected chi connectivity index (χ2v) is 5.31. The van der Waals surface area contributed by atoms with Crippen LogP contribution in [0.3, 0.4) is 0 Å². The average molecular weight is 233 g/mol. The van der Waals surface area contributed by atoms with E-state index in [-0.39, 0.29) is 5.92 Å². The summed E-state index contributed by atoms with van der Waals surface area (Å²) in [6.45, 7) is 2.12. The lowest BCUT2D eigenvalue weighted by atomic mass is 9.84. The van der Waals surface area contributed by atoms with Gasteiger partial charge in [-0.1, -0.05) is 54.9 Å². The van der Waals surface area contributed by atoms with Crippen LogP contribution in [0.2, 0.25) is 0 Å². The van der Waals surface area contributed by atoms with Crippen LogP contribution in [0.15, 0.2) is 24.3 Å². The Hall–Kier alpha value is -0.890. The van der Waals surface area contributed by atoms with Crippen molar-refractivity contribution >= 4 is 17.2 Å². The Morgan fingerprint density at radius 1 is 1.38 bits per heavy atom.